The smallest absolute Gasteiger partial charge is 0.338 e. The average molecular weight is 286 g/mol. The molecule has 2 aromatic carbocycles. The summed E-state index contributed by atoms with van der Waals surface area (Å²) in [6.07, 6.45) is -0.832. The van der Waals surface area contributed by atoms with E-state index in [1.807, 2.05) is 36.4 Å². The Kier molecular flexibility index (Phi) is 5.94. The fraction of sp³-hybridized carbons (Fsp3) is 0.235. The van der Waals surface area contributed by atoms with Gasteiger partial charge in [0.2, 0.25) is 0 Å². The Morgan fingerprint density at radius 2 is 1.57 bits per heavy atom. The van der Waals surface area contributed by atoms with Crippen molar-refractivity contribution in [2.75, 3.05) is 13.2 Å². The number of aliphatic hydroxyl groups excluding tert-OH is 1. The molecule has 0 saturated carbocycles. The van der Waals surface area contributed by atoms with Gasteiger partial charge in [0.25, 0.3) is 0 Å². The van der Waals surface area contributed by atoms with E-state index in [0.717, 1.165) is 5.56 Å². The van der Waals surface area contributed by atoms with Crippen LogP contribution in [0.25, 0.3) is 0 Å². The molecule has 0 heterocycles. The van der Waals surface area contributed by atoms with Crippen molar-refractivity contribution in [2.45, 2.75) is 12.7 Å². The summed E-state index contributed by atoms with van der Waals surface area (Å²) in [7, 11) is 0. The standard InChI is InChI=1S/C17H18O4/c18-16(12-20-11-14-7-3-1-4-8-14)13-21-17(19)15-9-5-2-6-10-15/h1-10,16,18H,11-13H2/t16-/m0/s1. The number of hydrogen-bond donors (Lipinski definition) is 1. The number of rotatable bonds is 7. The fourth-order valence-corrected chi connectivity index (χ4v) is 1.76. The molecule has 4 nitrogen and oxygen atoms in total. The van der Waals surface area contributed by atoms with E-state index in [2.05, 4.69) is 0 Å². The molecule has 0 aromatic heterocycles. The van der Waals surface area contributed by atoms with Gasteiger partial charge in [-0.2, -0.15) is 0 Å². The molecule has 21 heavy (non-hydrogen) atoms. The van der Waals surface area contributed by atoms with Gasteiger partial charge in [0.1, 0.15) is 12.7 Å². The summed E-state index contributed by atoms with van der Waals surface area (Å²) in [5, 5.41) is 9.72. The van der Waals surface area contributed by atoms with Crippen LogP contribution in [0.4, 0.5) is 0 Å². The van der Waals surface area contributed by atoms with Crippen LogP contribution < -0.4 is 0 Å². The van der Waals surface area contributed by atoms with Gasteiger partial charge in [-0.05, 0) is 17.7 Å². The third-order valence-electron chi connectivity index (χ3n) is 2.84. The molecule has 2 aromatic rings. The Morgan fingerprint density at radius 3 is 2.24 bits per heavy atom. The van der Waals surface area contributed by atoms with Gasteiger partial charge in [-0.25, -0.2) is 4.79 Å². The van der Waals surface area contributed by atoms with Gasteiger partial charge in [0.05, 0.1) is 18.8 Å². The van der Waals surface area contributed by atoms with Crippen molar-refractivity contribution in [3.05, 3.63) is 71.8 Å². The molecule has 110 valence electrons. The lowest BCUT2D eigenvalue weighted by atomic mass is 10.2. The van der Waals surface area contributed by atoms with Crippen molar-refractivity contribution < 1.29 is 19.4 Å². The highest BCUT2D eigenvalue weighted by Crippen LogP contribution is 2.03. The lowest BCUT2D eigenvalue weighted by Gasteiger charge is -2.12. The molecular weight excluding hydrogens is 268 g/mol. The fourth-order valence-electron chi connectivity index (χ4n) is 1.76. The molecule has 0 unspecified atom stereocenters. The Hall–Kier alpha value is -2.17. The van der Waals surface area contributed by atoms with E-state index in [1.54, 1.807) is 24.3 Å². The first-order valence-corrected chi connectivity index (χ1v) is 6.77. The van der Waals surface area contributed by atoms with Crippen molar-refractivity contribution in [3.8, 4) is 0 Å². The zero-order valence-electron chi connectivity index (χ0n) is 11.6. The Balaban J connectivity index is 1.66. The number of aliphatic hydroxyl groups is 1. The first-order chi connectivity index (χ1) is 10.3. The second kappa shape index (κ2) is 8.19. The zero-order chi connectivity index (χ0) is 14.9. The van der Waals surface area contributed by atoms with Gasteiger partial charge in [0, 0.05) is 0 Å². The maximum absolute atomic E-state index is 11.7. The van der Waals surface area contributed by atoms with E-state index in [9.17, 15) is 9.90 Å². The van der Waals surface area contributed by atoms with Gasteiger partial charge >= 0.3 is 5.97 Å². The molecule has 1 atom stereocenters. The van der Waals surface area contributed by atoms with Crippen LogP contribution in [0.3, 0.4) is 0 Å². The Labute approximate surface area is 123 Å². The van der Waals surface area contributed by atoms with E-state index in [-0.39, 0.29) is 13.2 Å². The van der Waals surface area contributed by atoms with Crippen LogP contribution in [0.1, 0.15) is 15.9 Å². The predicted molar refractivity (Wildman–Crippen MR) is 78.8 cm³/mol. The van der Waals surface area contributed by atoms with Crippen LogP contribution in [0.2, 0.25) is 0 Å². The summed E-state index contributed by atoms with van der Waals surface area (Å²) in [6, 6.07) is 18.4. The summed E-state index contributed by atoms with van der Waals surface area (Å²) < 4.78 is 10.4. The van der Waals surface area contributed by atoms with Crippen molar-refractivity contribution >= 4 is 5.97 Å². The average Bonchev–Trinajstić information content (AvgIpc) is 2.54. The van der Waals surface area contributed by atoms with Crippen LogP contribution >= 0.6 is 0 Å². The van der Waals surface area contributed by atoms with E-state index in [0.29, 0.717) is 12.2 Å². The van der Waals surface area contributed by atoms with Crippen LogP contribution in [-0.2, 0) is 16.1 Å². The van der Waals surface area contributed by atoms with Crippen LogP contribution in [-0.4, -0.2) is 30.4 Å². The summed E-state index contributed by atoms with van der Waals surface area (Å²) in [5.41, 5.74) is 1.50. The Bertz CT molecular complexity index is 539. The van der Waals surface area contributed by atoms with Crippen LogP contribution in [0, 0.1) is 0 Å². The van der Waals surface area contributed by atoms with Crippen LogP contribution in [0.5, 0.6) is 0 Å². The highest BCUT2D eigenvalue weighted by Gasteiger charge is 2.10. The molecule has 0 aliphatic carbocycles. The highest BCUT2D eigenvalue weighted by molar-refractivity contribution is 5.89. The zero-order valence-corrected chi connectivity index (χ0v) is 11.6. The minimum Gasteiger partial charge on any atom is -0.459 e. The summed E-state index contributed by atoms with van der Waals surface area (Å²) in [6.45, 7) is 0.462. The van der Waals surface area contributed by atoms with E-state index in [1.165, 1.54) is 0 Å². The lowest BCUT2D eigenvalue weighted by Crippen LogP contribution is -2.23. The number of carbonyl (C=O) groups is 1. The molecule has 0 radical (unpaired) electrons. The largest absolute Gasteiger partial charge is 0.459 e. The van der Waals surface area contributed by atoms with E-state index >= 15 is 0 Å². The minimum atomic E-state index is -0.832. The quantitative estimate of drug-likeness (QED) is 0.794. The number of benzene rings is 2. The normalized spacial score (nSPS) is 11.9. The van der Waals surface area contributed by atoms with Crippen molar-refractivity contribution in [3.63, 3.8) is 0 Å². The second-order valence-corrected chi connectivity index (χ2v) is 4.62. The van der Waals surface area contributed by atoms with Crippen molar-refractivity contribution in [1.82, 2.24) is 0 Å². The number of hydrogen-bond acceptors (Lipinski definition) is 4. The lowest BCUT2D eigenvalue weighted by molar-refractivity contribution is -0.0150. The summed E-state index contributed by atoms with van der Waals surface area (Å²) >= 11 is 0. The van der Waals surface area contributed by atoms with E-state index < -0.39 is 12.1 Å². The maximum Gasteiger partial charge on any atom is 0.338 e. The van der Waals surface area contributed by atoms with Gasteiger partial charge < -0.3 is 14.6 Å². The molecule has 0 spiro atoms. The third kappa shape index (κ3) is 5.38. The number of carbonyl (C=O) groups excluding carboxylic acids is 1. The van der Waals surface area contributed by atoms with E-state index in [4.69, 9.17) is 9.47 Å². The molecular formula is C17H18O4. The first-order valence-electron chi connectivity index (χ1n) is 6.77. The predicted octanol–water partition coefficient (Wildman–Crippen LogP) is 2.42. The molecule has 0 amide bonds. The minimum absolute atomic E-state index is 0.0808. The molecule has 1 N–H and O–H groups in total. The number of ether oxygens (including phenoxy) is 2. The monoisotopic (exact) mass is 286 g/mol. The summed E-state index contributed by atoms with van der Waals surface area (Å²) in [5.74, 6) is -0.447. The molecule has 0 bridgehead atoms. The highest BCUT2D eigenvalue weighted by atomic mass is 16.5. The number of esters is 1. The van der Waals surface area contributed by atoms with Crippen molar-refractivity contribution in [1.29, 1.82) is 0 Å². The molecule has 0 aliphatic heterocycles. The Morgan fingerprint density at radius 1 is 0.952 bits per heavy atom. The molecule has 0 aliphatic rings. The molecule has 4 heteroatoms. The molecule has 0 saturated heterocycles. The SMILES string of the molecule is O=C(OC[C@@H](O)COCc1ccccc1)c1ccccc1. The maximum atomic E-state index is 11.7. The molecule has 0 fully saturated rings. The van der Waals surface area contributed by atoms with Gasteiger partial charge in [-0.15, -0.1) is 0 Å². The first kappa shape index (κ1) is 15.2. The van der Waals surface area contributed by atoms with Crippen LogP contribution in [0.15, 0.2) is 60.7 Å². The topological polar surface area (TPSA) is 55.8 Å². The third-order valence-corrected chi connectivity index (χ3v) is 2.84. The second-order valence-electron chi connectivity index (χ2n) is 4.62. The van der Waals surface area contributed by atoms with Gasteiger partial charge in [0.15, 0.2) is 0 Å². The van der Waals surface area contributed by atoms with Gasteiger partial charge in [-0.3, -0.25) is 0 Å². The van der Waals surface area contributed by atoms with Crippen molar-refractivity contribution in [2.24, 2.45) is 0 Å². The summed E-state index contributed by atoms with van der Waals surface area (Å²) in [4.78, 5) is 11.7. The molecule has 2 rings (SSSR count). The van der Waals surface area contributed by atoms with Gasteiger partial charge in [-0.1, -0.05) is 48.5 Å².